The molecule has 0 saturated heterocycles. The molecule has 96 valence electrons. The summed E-state index contributed by atoms with van der Waals surface area (Å²) in [5.74, 6) is 0.818. The van der Waals surface area contributed by atoms with Crippen LogP contribution in [-0.4, -0.2) is 24.5 Å². The number of nitrogens with one attached hydrogen (secondary N) is 1. The van der Waals surface area contributed by atoms with Crippen LogP contribution >= 0.6 is 11.6 Å². The molecule has 1 N–H and O–H groups in total. The van der Waals surface area contributed by atoms with Crippen LogP contribution in [0.3, 0.4) is 0 Å². The Balaban J connectivity index is 1.91. The standard InChI is InChI=1S/C10H16ClN3O2S/c1-14-7-12-10(9(14)11)17(15,16)13-6-2-3-8-4-5-8/h7-8,13H,2-6H2,1H3. The summed E-state index contributed by atoms with van der Waals surface area (Å²) >= 11 is 5.85. The molecule has 0 unspecified atom stereocenters. The monoisotopic (exact) mass is 277 g/mol. The molecule has 1 saturated carbocycles. The first-order chi connectivity index (χ1) is 8.00. The van der Waals surface area contributed by atoms with Crippen LogP contribution in [0.5, 0.6) is 0 Å². The summed E-state index contributed by atoms with van der Waals surface area (Å²) in [7, 11) is -1.91. The number of nitrogens with zero attached hydrogens (tertiary/aromatic N) is 2. The van der Waals surface area contributed by atoms with Crippen molar-refractivity contribution in [3.63, 3.8) is 0 Å². The molecule has 1 aromatic rings. The molecular weight excluding hydrogens is 262 g/mol. The molecule has 0 atom stereocenters. The molecule has 0 spiro atoms. The minimum Gasteiger partial charge on any atom is -0.324 e. The number of hydrogen-bond acceptors (Lipinski definition) is 3. The molecule has 0 aliphatic heterocycles. The number of imidazole rings is 1. The quantitative estimate of drug-likeness (QED) is 0.802. The molecule has 7 heteroatoms. The fourth-order valence-electron chi connectivity index (χ4n) is 1.65. The van der Waals surface area contributed by atoms with Crippen LogP contribution in [0, 0.1) is 5.92 Å². The average molecular weight is 278 g/mol. The van der Waals surface area contributed by atoms with Crippen molar-refractivity contribution in [2.24, 2.45) is 13.0 Å². The van der Waals surface area contributed by atoms with Crippen molar-refractivity contribution in [2.75, 3.05) is 6.54 Å². The molecule has 0 bridgehead atoms. The predicted molar refractivity (Wildman–Crippen MR) is 65.4 cm³/mol. The Kier molecular flexibility index (Phi) is 3.75. The highest BCUT2D eigenvalue weighted by atomic mass is 35.5. The number of halogens is 1. The number of rotatable bonds is 6. The largest absolute Gasteiger partial charge is 0.324 e. The number of aromatic nitrogens is 2. The normalized spacial score (nSPS) is 16.4. The lowest BCUT2D eigenvalue weighted by molar-refractivity contribution is 0.569. The van der Waals surface area contributed by atoms with E-state index in [4.69, 9.17) is 11.6 Å². The maximum atomic E-state index is 11.9. The van der Waals surface area contributed by atoms with Gasteiger partial charge in [0.05, 0.1) is 6.33 Å². The van der Waals surface area contributed by atoms with E-state index in [9.17, 15) is 8.42 Å². The molecule has 0 aromatic carbocycles. The maximum absolute atomic E-state index is 11.9. The highest BCUT2D eigenvalue weighted by molar-refractivity contribution is 7.89. The Bertz CT molecular complexity index is 494. The van der Waals surface area contributed by atoms with E-state index in [1.165, 1.54) is 23.7 Å². The fourth-order valence-corrected chi connectivity index (χ4v) is 3.14. The Labute approximate surface area is 106 Å². The first-order valence-corrected chi connectivity index (χ1v) is 7.53. The second kappa shape index (κ2) is 4.96. The zero-order valence-corrected chi connectivity index (χ0v) is 11.3. The molecular formula is C10H16ClN3O2S. The molecule has 0 amide bonds. The third-order valence-electron chi connectivity index (χ3n) is 2.87. The Morgan fingerprint density at radius 1 is 1.59 bits per heavy atom. The molecule has 1 aromatic heterocycles. The average Bonchev–Trinajstić information content (AvgIpc) is 3.02. The van der Waals surface area contributed by atoms with Gasteiger partial charge in [-0.2, -0.15) is 0 Å². The topological polar surface area (TPSA) is 64.0 Å². The SMILES string of the molecule is Cn1cnc(S(=O)(=O)NCCCC2CC2)c1Cl. The lowest BCUT2D eigenvalue weighted by Gasteiger charge is -2.04. The first-order valence-electron chi connectivity index (χ1n) is 5.67. The van der Waals surface area contributed by atoms with E-state index in [1.807, 2.05) is 0 Å². The Morgan fingerprint density at radius 2 is 2.29 bits per heavy atom. The second-order valence-corrected chi connectivity index (χ2v) is 6.48. The van der Waals surface area contributed by atoms with E-state index >= 15 is 0 Å². The van der Waals surface area contributed by atoms with Crippen molar-refractivity contribution in [3.8, 4) is 0 Å². The molecule has 1 fully saturated rings. The van der Waals surface area contributed by atoms with E-state index in [0.717, 1.165) is 18.8 Å². The number of sulfonamides is 1. The van der Waals surface area contributed by atoms with Crippen LogP contribution in [0.2, 0.25) is 5.15 Å². The molecule has 1 aliphatic rings. The van der Waals surface area contributed by atoms with Crippen LogP contribution in [0.1, 0.15) is 25.7 Å². The molecule has 1 aliphatic carbocycles. The van der Waals surface area contributed by atoms with Gasteiger partial charge in [0, 0.05) is 13.6 Å². The van der Waals surface area contributed by atoms with Gasteiger partial charge in [-0.1, -0.05) is 24.4 Å². The maximum Gasteiger partial charge on any atom is 0.261 e. The minimum atomic E-state index is -3.56. The van der Waals surface area contributed by atoms with Crippen LogP contribution < -0.4 is 4.72 Å². The van der Waals surface area contributed by atoms with Crippen LogP contribution in [0.15, 0.2) is 11.4 Å². The lowest BCUT2D eigenvalue weighted by atomic mass is 10.2. The van der Waals surface area contributed by atoms with E-state index in [1.54, 1.807) is 7.05 Å². The summed E-state index contributed by atoms with van der Waals surface area (Å²) in [6.45, 7) is 0.450. The predicted octanol–water partition coefficient (Wildman–Crippen LogP) is 1.54. The van der Waals surface area contributed by atoms with E-state index < -0.39 is 10.0 Å². The molecule has 0 radical (unpaired) electrons. The van der Waals surface area contributed by atoms with Crippen LogP contribution in [-0.2, 0) is 17.1 Å². The van der Waals surface area contributed by atoms with Gasteiger partial charge in [-0.15, -0.1) is 0 Å². The fraction of sp³-hybridized carbons (Fsp3) is 0.700. The molecule has 1 heterocycles. The van der Waals surface area contributed by atoms with Gasteiger partial charge >= 0.3 is 0 Å². The van der Waals surface area contributed by atoms with Crippen molar-refractivity contribution in [3.05, 3.63) is 11.5 Å². The zero-order valence-electron chi connectivity index (χ0n) is 9.69. The van der Waals surface area contributed by atoms with Gasteiger partial charge in [-0.3, -0.25) is 0 Å². The van der Waals surface area contributed by atoms with Gasteiger partial charge in [-0.05, 0) is 18.8 Å². The lowest BCUT2D eigenvalue weighted by Crippen LogP contribution is -2.25. The van der Waals surface area contributed by atoms with E-state index in [-0.39, 0.29) is 10.2 Å². The van der Waals surface area contributed by atoms with Crippen molar-refractivity contribution >= 4 is 21.6 Å². The second-order valence-electron chi connectivity index (χ2n) is 4.43. The van der Waals surface area contributed by atoms with Gasteiger partial charge < -0.3 is 4.57 Å². The van der Waals surface area contributed by atoms with Gasteiger partial charge in [0.25, 0.3) is 10.0 Å². The van der Waals surface area contributed by atoms with Gasteiger partial charge in [0.2, 0.25) is 5.03 Å². The van der Waals surface area contributed by atoms with Crippen molar-refractivity contribution in [2.45, 2.75) is 30.7 Å². The van der Waals surface area contributed by atoms with Crippen molar-refractivity contribution < 1.29 is 8.42 Å². The third-order valence-corrected chi connectivity index (χ3v) is 4.82. The summed E-state index contributed by atoms with van der Waals surface area (Å²) in [4.78, 5) is 3.79. The minimum absolute atomic E-state index is 0.0897. The summed E-state index contributed by atoms with van der Waals surface area (Å²) in [6, 6.07) is 0. The molecule has 17 heavy (non-hydrogen) atoms. The number of hydrogen-bond donors (Lipinski definition) is 1. The van der Waals surface area contributed by atoms with E-state index in [0.29, 0.717) is 6.54 Å². The van der Waals surface area contributed by atoms with Crippen LogP contribution in [0.4, 0.5) is 0 Å². The molecule has 2 rings (SSSR count). The van der Waals surface area contributed by atoms with Crippen molar-refractivity contribution in [1.29, 1.82) is 0 Å². The highest BCUT2D eigenvalue weighted by Crippen LogP contribution is 2.33. The summed E-state index contributed by atoms with van der Waals surface area (Å²) in [5, 5.41) is 0.0489. The Hall–Kier alpha value is -0.590. The smallest absolute Gasteiger partial charge is 0.261 e. The van der Waals surface area contributed by atoms with Gasteiger partial charge in [0.1, 0.15) is 5.15 Å². The van der Waals surface area contributed by atoms with Gasteiger partial charge in [-0.25, -0.2) is 18.1 Å². The third kappa shape index (κ3) is 3.20. The zero-order chi connectivity index (χ0) is 12.5. The van der Waals surface area contributed by atoms with E-state index in [2.05, 4.69) is 9.71 Å². The summed E-state index contributed by atoms with van der Waals surface area (Å²) in [5.41, 5.74) is 0. The summed E-state index contributed by atoms with van der Waals surface area (Å²) < 4.78 is 27.7. The van der Waals surface area contributed by atoms with Crippen LogP contribution in [0.25, 0.3) is 0 Å². The molecule has 5 nitrogen and oxygen atoms in total. The Morgan fingerprint density at radius 3 is 2.82 bits per heavy atom. The van der Waals surface area contributed by atoms with Crippen molar-refractivity contribution in [1.82, 2.24) is 14.3 Å². The van der Waals surface area contributed by atoms with Gasteiger partial charge in [0.15, 0.2) is 0 Å². The number of aryl methyl sites for hydroxylation is 1. The highest BCUT2D eigenvalue weighted by Gasteiger charge is 2.23. The summed E-state index contributed by atoms with van der Waals surface area (Å²) in [6.07, 6.45) is 5.94. The first kappa shape index (κ1) is 12.9.